The molecule has 3 nitrogen and oxygen atoms in total. The molecular weight excluding hydrogens is 236 g/mol. The van der Waals surface area contributed by atoms with Gasteiger partial charge in [-0.1, -0.05) is 25.8 Å². The molecule has 1 N–H and O–H groups in total. The van der Waals surface area contributed by atoms with Crippen LogP contribution in [0.25, 0.3) is 0 Å². The molecular formula is C16H28N2O. The average Bonchev–Trinajstić information content (AvgIpc) is 2.98. The first-order valence-corrected chi connectivity index (χ1v) is 7.86. The van der Waals surface area contributed by atoms with E-state index >= 15 is 0 Å². The van der Waals surface area contributed by atoms with Crippen molar-refractivity contribution in [2.45, 2.75) is 57.9 Å². The van der Waals surface area contributed by atoms with Gasteiger partial charge in [-0.2, -0.15) is 0 Å². The predicted molar refractivity (Wildman–Crippen MR) is 79.0 cm³/mol. The molecule has 1 atom stereocenters. The van der Waals surface area contributed by atoms with E-state index in [1.165, 1.54) is 25.7 Å². The van der Waals surface area contributed by atoms with Crippen molar-refractivity contribution in [2.75, 3.05) is 19.6 Å². The fraction of sp³-hybridized carbons (Fsp3) is 0.812. The molecule has 19 heavy (non-hydrogen) atoms. The normalized spacial score (nSPS) is 28.3. The van der Waals surface area contributed by atoms with Gasteiger partial charge >= 0.3 is 0 Å². The molecule has 1 saturated heterocycles. The Labute approximate surface area is 117 Å². The lowest BCUT2D eigenvalue weighted by molar-refractivity contribution is -0.145. The highest BCUT2D eigenvalue weighted by atomic mass is 16.2. The lowest BCUT2D eigenvalue weighted by atomic mass is 9.76. The first kappa shape index (κ1) is 14.6. The number of rotatable bonds is 5. The summed E-state index contributed by atoms with van der Waals surface area (Å²) >= 11 is 0. The fourth-order valence-electron chi connectivity index (χ4n) is 3.66. The molecule has 1 unspecified atom stereocenters. The standard InChI is InChI=1S/C16H28N2O/c1-3-12-18(14-8-5-6-9-14)15(19)16(4-2)10-7-11-17-13-16/h3,14,17H,1,4-13H2,2H3. The van der Waals surface area contributed by atoms with E-state index in [2.05, 4.69) is 23.7 Å². The first-order valence-electron chi connectivity index (χ1n) is 7.86. The van der Waals surface area contributed by atoms with E-state index in [1.54, 1.807) is 0 Å². The van der Waals surface area contributed by atoms with Crippen LogP contribution in [0.4, 0.5) is 0 Å². The van der Waals surface area contributed by atoms with E-state index in [0.29, 0.717) is 18.5 Å². The third-order valence-corrected chi connectivity index (χ3v) is 4.95. The summed E-state index contributed by atoms with van der Waals surface area (Å²) in [6.07, 6.45) is 9.86. The van der Waals surface area contributed by atoms with Crippen molar-refractivity contribution in [3.8, 4) is 0 Å². The Morgan fingerprint density at radius 1 is 1.42 bits per heavy atom. The van der Waals surface area contributed by atoms with Crippen LogP contribution >= 0.6 is 0 Å². The molecule has 0 spiro atoms. The van der Waals surface area contributed by atoms with Gasteiger partial charge in [-0.25, -0.2) is 0 Å². The maximum atomic E-state index is 13.1. The average molecular weight is 264 g/mol. The molecule has 0 aromatic heterocycles. The zero-order chi connectivity index (χ0) is 13.7. The highest BCUT2D eigenvalue weighted by molar-refractivity contribution is 5.83. The van der Waals surface area contributed by atoms with Crippen LogP contribution in [0.3, 0.4) is 0 Å². The van der Waals surface area contributed by atoms with Crippen LogP contribution < -0.4 is 5.32 Å². The Balaban J connectivity index is 2.14. The highest BCUT2D eigenvalue weighted by Crippen LogP contribution is 2.35. The van der Waals surface area contributed by atoms with E-state index in [4.69, 9.17) is 0 Å². The number of carbonyl (C=O) groups is 1. The number of carbonyl (C=O) groups excluding carboxylic acids is 1. The largest absolute Gasteiger partial charge is 0.335 e. The monoisotopic (exact) mass is 264 g/mol. The predicted octanol–water partition coefficient (Wildman–Crippen LogP) is 2.72. The smallest absolute Gasteiger partial charge is 0.230 e. The van der Waals surface area contributed by atoms with Crippen molar-refractivity contribution in [3.05, 3.63) is 12.7 Å². The van der Waals surface area contributed by atoms with Gasteiger partial charge in [0.05, 0.1) is 5.41 Å². The summed E-state index contributed by atoms with van der Waals surface area (Å²) in [4.78, 5) is 15.2. The molecule has 1 aliphatic carbocycles. The molecule has 0 aromatic carbocycles. The maximum absolute atomic E-state index is 13.1. The zero-order valence-corrected chi connectivity index (χ0v) is 12.3. The summed E-state index contributed by atoms with van der Waals surface area (Å²) in [6.45, 7) is 8.62. The van der Waals surface area contributed by atoms with Crippen molar-refractivity contribution in [1.82, 2.24) is 10.2 Å². The fourth-order valence-corrected chi connectivity index (χ4v) is 3.66. The lowest BCUT2D eigenvalue weighted by Crippen LogP contribution is -2.54. The SMILES string of the molecule is C=CCN(C(=O)C1(CC)CCCNC1)C1CCCC1. The van der Waals surface area contributed by atoms with Gasteiger partial charge in [-0.05, 0) is 38.6 Å². The Morgan fingerprint density at radius 3 is 2.68 bits per heavy atom. The molecule has 2 aliphatic rings. The van der Waals surface area contributed by atoms with Crippen LogP contribution in [0.15, 0.2) is 12.7 Å². The minimum Gasteiger partial charge on any atom is -0.335 e. The molecule has 108 valence electrons. The summed E-state index contributed by atoms with van der Waals surface area (Å²) in [5.74, 6) is 0.369. The van der Waals surface area contributed by atoms with Gasteiger partial charge in [-0.15, -0.1) is 6.58 Å². The first-order chi connectivity index (χ1) is 9.23. The summed E-state index contributed by atoms with van der Waals surface area (Å²) in [6, 6.07) is 0.454. The van der Waals surface area contributed by atoms with Gasteiger partial charge < -0.3 is 10.2 Å². The number of hydrogen-bond donors (Lipinski definition) is 1. The summed E-state index contributed by atoms with van der Waals surface area (Å²) in [5, 5.41) is 3.42. The van der Waals surface area contributed by atoms with Crippen molar-refractivity contribution < 1.29 is 4.79 Å². The van der Waals surface area contributed by atoms with E-state index < -0.39 is 0 Å². The lowest BCUT2D eigenvalue weighted by Gasteiger charge is -2.41. The molecule has 1 saturated carbocycles. The number of piperidine rings is 1. The summed E-state index contributed by atoms with van der Waals surface area (Å²) in [7, 11) is 0. The van der Waals surface area contributed by atoms with E-state index in [1.807, 2.05) is 6.08 Å². The molecule has 1 aliphatic heterocycles. The van der Waals surface area contributed by atoms with Crippen LogP contribution in [-0.4, -0.2) is 36.5 Å². The van der Waals surface area contributed by atoms with Gasteiger partial charge in [0.15, 0.2) is 0 Å². The molecule has 1 heterocycles. The number of nitrogens with one attached hydrogen (secondary N) is 1. The van der Waals surface area contributed by atoms with Gasteiger partial charge in [-0.3, -0.25) is 4.79 Å². The Morgan fingerprint density at radius 2 is 2.16 bits per heavy atom. The van der Waals surface area contributed by atoms with Gasteiger partial charge in [0.2, 0.25) is 5.91 Å². The molecule has 1 amide bonds. The quantitative estimate of drug-likeness (QED) is 0.774. The van der Waals surface area contributed by atoms with Gasteiger partial charge in [0.1, 0.15) is 0 Å². The summed E-state index contributed by atoms with van der Waals surface area (Å²) in [5.41, 5.74) is -0.163. The van der Waals surface area contributed by atoms with Crippen molar-refractivity contribution in [3.63, 3.8) is 0 Å². The second-order valence-corrected chi connectivity index (χ2v) is 6.10. The van der Waals surface area contributed by atoms with Crippen LogP contribution in [0, 0.1) is 5.41 Å². The molecule has 3 heteroatoms. The number of nitrogens with zero attached hydrogens (tertiary/aromatic N) is 1. The minimum absolute atomic E-state index is 0.163. The van der Waals surface area contributed by atoms with Crippen LogP contribution in [0.1, 0.15) is 51.9 Å². The highest BCUT2D eigenvalue weighted by Gasteiger charge is 2.42. The Kier molecular flexibility index (Phi) is 5.03. The van der Waals surface area contributed by atoms with Crippen molar-refractivity contribution in [2.24, 2.45) is 5.41 Å². The van der Waals surface area contributed by atoms with Crippen molar-refractivity contribution in [1.29, 1.82) is 0 Å². The van der Waals surface area contributed by atoms with Crippen LogP contribution in [0.2, 0.25) is 0 Å². The van der Waals surface area contributed by atoms with Gasteiger partial charge in [0, 0.05) is 19.1 Å². The van der Waals surface area contributed by atoms with E-state index in [-0.39, 0.29) is 5.41 Å². The number of amides is 1. The summed E-state index contributed by atoms with van der Waals surface area (Å²) < 4.78 is 0. The molecule has 0 radical (unpaired) electrons. The third kappa shape index (κ3) is 3.02. The molecule has 0 bridgehead atoms. The van der Waals surface area contributed by atoms with Crippen LogP contribution in [-0.2, 0) is 4.79 Å². The second-order valence-electron chi connectivity index (χ2n) is 6.10. The second kappa shape index (κ2) is 6.56. The van der Waals surface area contributed by atoms with Gasteiger partial charge in [0.25, 0.3) is 0 Å². The van der Waals surface area contributed by atoms with Crippen LogP contribution in [0.5, 0.6) is 0 Å². The van der Waals surface area contributed by atoms with E-state index in [9.17, 15) is 4.79 Å². The molecule has 2 rings (SSSR count). The Hall–Kier alpha value is -0.830. The minimum atomic E-state index is -0.163. The van der Waals surface area contributed by atoms with E-state index in [0.717, 1.165) is 32.4 Å². The Bertz CT molecular complexity index is 315. The molecule has 0 aromatic rings. The topological polar surface area (TPSA) is 32.3 Å². The zero-order valence-electron chi connectivity index (χ0n) is 12.3. The third-order valence-electron chi connectivity index (χ3n) is 4.95. The van der Waals surface area contributed by atoms with Crippen molar-refractivity contribution >= 4 is 5.91 Å². The molecule has 2 fully saturated rings. The number of hydrogen-bond acceptors (Lipinski definition) is 2. The maximum Gasteiger partial charge on any atom is 0.230 e.